The van der Waals surface area contributed by atoms with Crippen molar-refractivity contribution in [3.63, 3.8) is 0 Å². The topological polar surface area (TPSA) is 41.6 Å². The van der Waals surface area contributed by atoms with E-state index >= 15 is 0 Å². The van der Waals surface area contributed by atoms with E-state index in [0.717, 1.165) is 44.6 Å². The normalized spacial score (nSPS) is 23.5. The van der Waals surface area contributed by atoms with Crippen LogP contribution in [0.5, 0.6) is 5.75 Å². The number of fused-ring (bicyclic) bond motifs is 1. The highest BCUT2D eigenvalue weighted by Crippen LogP contribution is 2.27. The summed E-state index contributed by atoms with van der Waals surface area (Å²) in [5, 5.41) is 7.49. The van der Waals surface area contributed by atoms with Crippen molar-refractivity contribution < 1.29 is 9.53 Å². The first kappa shape index (κ1) is 15.7. The molecule has 1 aromatic carbocycles. The van der Waals surface area contributed by atoms with Crippen molar-refractivity contribution in [2.24, 2.45) is 0 Å². The fourth-order valence-corrected chi connectivity index (χ4v) is 4.20. The number of rotatable bonds is 4. The standard InChI is InChI=1S/C19H22N2O2S/c22-19(18-6-5-15-3-1-2-4-17(15)23-18)20-16-7-9-21(12-16)11-14-8-10-24-13-14/h1-4,8,10,13,16,18H,5-7,9,11-12H2,(H,20,22). The largest absolute Gasteiger partial charge is 0.480 e. The number of carbonyl (C=O) groups is 1. The van der Waals surface area contributed by atoms with Gasteiger partial charge in [0, 0.05) is 25.7 Å². The highest BCUT2D eigenvalue weighted by molar-refractivity contribution is 7.07. The lowest BCUT2D eigenvalue weighted by molar-refractivity contribution is -0.129. The number of thiophene rings is 1. The third-order valence-electron chi connectivity index (χ3n) is 4.82. The number of benzene rings is 1. The minimum absolute atomic E-state index is 0.0342. The molecule has 24 heavy (non-hydrogen) atoms. The maximum Gasteiger partial charge on any atom is 0.261 e. The Morgan fingerprint density at radius 2 is 2.21 bits per heavy atom. The van der Waals surface area contributed by atoms with Gasteiger partial charge in [-0.15, -0.1) is 0 Å². The van der Waals surface area contributed by atoms with Crippen molar-refractivity contribution in [2.75, 3.05) is 13.1 Å². The Balaban J connectivity index is 1.29. The summed E-state index contributed by atoms with van der Waals surface area (Å²) < 4.78 is 5.89. The van der Waals surface area contributed by atoms with Crippen molar-refractivity contribution in [2.45, 2.75) is 38.0 Å². The third kappa shape index (κ3) is 3.47. The van der Waals surface area contributed by atoms with Crippen LogP contribution in [0.2, 0.25) is 0 Å². The summed E-state index contributed by atoms with van der Waals surface area (Å²) >= 11 is 1.73. The Hall–Kier alpha value is -1.85. The molecule has 2 aliphatic heterocycles. The minimum Gasteiger partial charge on any atom is -0.480 e. The lowest BCUT2D eigenvalue weighted by Crippen LogP contribution is -2.46. The summed E-state index contributed by atoms with van der Waals surface area (Å²) in [4.78, 5) is 14.9. The number of aryl methyl sites for hydroxylation is 1. The Bertz CT molecular complexity index is 701. The summed E-state index contributed by atoms with van der Waals surface area (Å²) in [5.41, 5.74) is 2.56. The molecular formula is C19H22N2O2S. The lowest BCUT2D eigenvalue weighted by Gasteiger charge is -2.26. The maximum absolute atomic E-state index is 12.5. The van der Waals surface area contributed by atoms with Gasteiger partial charge in [0.15, 0.2) is 6.10 Å². The molecule has 0 spiro atoms. The van der Waals surface area contributed by atoms with Crippen molar-refractivity contribution in [1.29, 1.82) is 0 Å². The highest BCUT2D eigenvalue weighted by atomic mass is 32.1. The minimum atomic E-state index is -0.356. The molecule has 126 valence electrons. The van der Waals surface area contributed by atoms with E-state index in [1.807, 2.05) is 18.2 Å². The van der Waals surface area contributed by atoms with Crippen LogP contribution < -0.4 is 10.1 Å². The van der Waals surface area contributed by atoms with E-state index in [1.165, 1.54) is 11.1 Å². The third-order valence-corrected chi connectivity index (χ3v) is 5.55. The Morgan fingerprint density at radius 1 is 1.29 bits per heavy atom. The molecule has 4 nitrogen and oxygen atoms in total. The zero-order valence-electron chi connectivity index (χ0n) is 13.6. The van der Waals surface area contributed by atoms with Gasteiger partial charge in [0.25, 0.3) is 5.91 Å². The average molecular weight is 342 g/mol. The van der Waals surface area contributed by atoms with Crippen LogP contribution >= 0.6 is 11.3 Å². The number of hydrogen-bond donors (Lipinski definition) is 1. The van der Waals surface area contributed by atoms with Crippen molar-refractivity contribution in [3.05, 3.63) is 52.2 Å². The SMILES string of the molecule is O=C(NC1CCN(Cc2ccsc2)C1)C1CCc2ccccc2O1. The van der Waals surface area contributed by atoms with Crippen LogP contribution in [-0.4, -0.2) is 36.0 Å². The molecule has 1 aromatic heterocycles. The summed E-state index contributed by atoms with van der Waals surface area (Å²) in [6, 6.07) is 10.4. The maximum atomic E-state index is 12.5. The second-order valence-corrected chi connectivity index (χ2v) is 7.39. The molecule has 3 heterocycles. The van der Waals surface area contributed by atoms with Crippen LogP contribution in [0.4, 0.5) is 0 Å². The van der Waals surface area contributed by atoms with Crippen LogP contribution in [-0.2, 0) is 17.8 Å². The molecule has 5 heteroatoms. The van der Waals surface area contributed by atoms with E-state index < -0.39 is 0 Å². The van der Waals surface area contributed by atoms with Crippen LogP contribution in [0.25, 0.3) is 0 Å². The van der Waals surface area contributed by atoms with Gasteiger partial charge >= 0.3 is 0 Å². The second kappa shape index (κ2) is 6.95. The lowest BCUT2D eigenvalue weighted by atomic mass is 10.0. The predicted molar refractivity (Wildman–Crippen MR) is 95.3 cm³/mol. The molecule has 1 fully saturated rings. The zero-order valence-corrected chi connectivity index (χ0v) is 14.4. The summed E-state index contributed by atoms with van der Waals surface area (Å²) in [7, 11) is 0. The molecular weight excluding hydrogens is 320 g/mol. The van der Waals surface area contributed by atoms with Crippen LogP contribution in [0.3, 0.4) is 0 Å². The first-order chi connectivity index (χ1) is 11.8. The van der Waals surface area contributed by atoms with Gasteiger partial charge < -0.3 is 10.1 Å². The van der Waals surface area contributed by atoms with E-state index in [0.29, 0.717) is 0 Å². The second-order valence-electron chi connectivity index (χ2n) is 6.61. The molecule has 1 saturated heterocycles. The molecule has 2 atom stereocenters. The zero-order chi connectivity index (χ0) is 16.4. The van der Waals surface area contributed by atoms with E-state index in [9.17, 15) is 4.79 Å². The molecule has 4 rings (SSSR count). The Labute approximate surface area is 146 Å². The quantitative estimate of drug-likeness (QED) is 0.929. The molecule has 1 amide bonds. The summed E-state index contributed by atoms with van der Waals surface area (Å²) in [5.74, 6) is 0.890. The summed E-state index contributed by atoms with van der Waals surface area (Å²) in [6.07, 6.45) is 2.32. The smallest absolute Gasteiger partial charge is 0.261 e. The number of para-hydroxylation sites is 1. The number of likely N-dealkylation sites (tertiary alicyclic amines) is 1. The van der Waals surface area contributed by atoms with Gasteiger partial charge in [-0.3, -0.25) is 9.69 Å². The van der Waals surface area contributed by atoms with Crippen LogP contribution in [0.1, 0.15) is 24.0 Å². The molecule has 2 aromatic rings. The van der Waals surface area contributed by atoms with E-state index in [2.05, 4.69) is 33.1 Å². The molecule has 2 aliphatic rings. The van der Waals surface area contributed by atoms with Crippen molar-refractivity contribution in [1.82, 2.24) is 10.2 Å². The average Bonchev–Trinajstić information content (AvgIpc) is 3.27. The molecule has 0 saturated carbocycles. The molecule has 0 radical (unpaired) electrons. The number of amides is 1. The van der Waals surface area contributed by atoms with Crippen molar-refractivity contribution >= 4 is 17.2 Å². The van der Waals surface area contributed by atoms with Gasteiger partial charge in [0.2, 0.25) is 0 Å². The number of hydrogen-bond acceptors (Lipinski definition) is 4. The molecule has 1 N–H and O–H groups in total. The van der Waals surface area contributed by atoms with E-state index in [4.69, 9.17) is 4.74 Å². The molecule has 0 aliphatic carbocycles. The van der Waals surface area contributed by atoms with Crippen molar-refractivity contribution in [3.8, 4) is 5.75 Å². The van der Waals surface area contributed by atoms with Gasteiger partial charge in [-0.2, -0.15) is 11.3 Å². The van der Waals surface area contributed by atoms with Gasteiger partial charge in [-0.05, 0) is 53.3 Å². The van der Waals surface area contributed by atoms with E-state index in [-0.39, 0.29) is 18.1 Å². The number of nitrogens with zero attached hydrogens (tertiary/aromatic N) is 1. The Morgan fingerprint density at radius 3 is 3.08 bits per heavy atom. The monoisotopic (exact) mass is 342 g/mol. The van der Waals surface area contributed by atoms with Gasteiger partial charge in [-0.1, -0.05) is 18.2 Å². The van der Waals surface area contributed by atoms with Gasteiger partial charge in [-0.25, -0.2) is 0 Å². The Kier molecular flexibility index (Phi) is 4.54. The number of nitrogens with one attached hydrogen (secondary N) is 1. The summed E-state index contributed by atoms with van der Waals surface area (Å²) in [6.45, 7) is 2.93. The van der Waals surface area contributed by atoms with Crippen LogP contribution in [0, 0.1) is 0 Å². The fraction of sp³-hybridized carbons (Fsp3) is 0.421. The molecule has 0 bridgehead atoms. The number of ether oxygens (including phenoxy) is 1. The first-order valence-corrected chi connectivity index (χ1v) is 9.50. The molecule has 2 unspecified atom stereocenters. The first-order valence-electron chi connectivity index (χ1n) is 8.56. The van der Waals surface area contributed by atoms with Crippen LogP contribution in [0.15, 0.2) is 41.1 Å². The highest BCUT2D eigenvalue weighted by Gasteiger charge is 2.30. The predicted octanol–water partition coefficient (Wildman–Crippen LogP) is 2.83. The fourth-order valence-electron chi connectivity index (χ4n) is 3.54. The van der Waals surface area contributed by atoms with Gasteiger partial charge in [0.1, 0.15) is 5.75 Å². The van der Waals surface area contributed by atoms with Gasteiger partial charge in [0.05, 0.1) is 0 Å². The van der Waals surface area contributed by atoms with E-state index in [1.54, 1.807) is 11.3 Å². The number of carbonyl (C=O) groups excluding carboxylic acids is 1.